The fourth-order valence-electron chi connectivity index (χ4n) is 1.92. The van der Waals surface area contributed by atoms with Crippen LogP contribution in [0.5, 0.6) is 0 Å². The summed E-state index contributed by atoms with van der Waals surface area (Å²) in [7, 11) is 3.73. The van der Waals surface area contributed by atoms with Crippen LogP contribution in [0.15, 0.2) is 35.6 Å². The monoisotopic (exact) mass is 313 g/mol. The minimum absolute atomic E-state index is 0.224. The minimum Gasteiger partial charge on any atom is -0.368 e. The Morgan fingerprint density at radius 2 is 1.91 bits per heavy atom. The van der Waals surface area contributed by atoms with E-state index in [9.17, 15) is 0 Å². The molecule has 0 saturated heterocycles. The molecule has 0 aliphatic rings. The first kappa shape index (κ1) is 14.5. The second-order valence-corrected chi connectivity index (χ2v) is 5.75. The third-order valence-corrected chi connectivity index (χ3v) is 3.93. The van der Waals surface area contributed by atoms with Crippen molar-refractivity contribution in [3.63, 3.8) is 0 Å². The summed E-state index contributed by atoms with van der Waals surface area (Å²) in [5, 5.41) is 1.92. The van der Waals surface area contributed by atoms with Crippen molar-refractivity contribution in [3.8, 4) is 0 Å². The lowest BCUT2D eigenvalue weighted by atomic mass is 10.2. The van der Waals surface area contributed by atoms with Crippen LogP contribution in [-0.2, 0) is 5.75 Å². The number of hydrogen-bond donors (Lipinski definition) is 1. The van der Waals surface area contributed by atoms with E-state index < -0.39 is 0 Å². The summed E-state index contributed by atoms with van der Waals surface area (Å²) < 4.78 is 0. The van der Waals surface area contributed by atoms with Gasteiger partial charge in [-0.05, 0) is 6.07 Å². The van der Waals surface area contributed by atoms with Crippen LogP contribution in [0.25, 0.3) is 10.9 Å². The van der Waals surface area contributed by atoms with Crippen LogP contribution in [0.2, 0.25) is 0 Å². The Morgan fingerprint density at radius 3 is 2.73 bits per heavy atom. The van der Waals surface area contributed by atoms with Crippen LogP contribution in [0, 0.1) is 0 Å². The number of rotatable bonds is 4. The minimum atomic E-state index is 0.224. The summed E-state index contributed by atoms with van der Waals surface area (Å²) in [4.78, 5) is 23.0. The lowest BCUT2D eigenvalue weighted by Gasteiger charge is -2.11. The molecule has 0 atom stereocenters. The van der Waals surface area contributed by atoms with Crippen molar-refractivity contribution in [2.45, 2.75) is 10.8 Å². The molecule has 0 radical (unpaired) electrons. The topological polar surface area (TPSA) is 93.7 Å². The molecule has 3 aromatic rings. The quantitative estimate of drug-likeness (QED) is 0.575. The molecule has 8 heteroatoms. The molecule has 22 heavy (non-hydrogen) atoms. The second kappa shape index (κ2) is 6.10. The molecule has 3 rings (SSSR count). The first-order chi connectivity index (χ1) is 10.6. The summed E-state index contributed by atoms with van der Waals surface area (Å²) >= 11 is 1.55. The van der Waals surface area contributed by atoms with Gasteiger partial charge < -0.3 is 10.6 Å². The largest absolute Gasteiger partial charge is 0.368 e. The zero-order chi connectivity index (χ0) is 15.5. The van der Waals surface area contributed by atoms with Crippen molar-refractivity contribution >= 4 is 34.6 Å². The third kappa shape index (κ3) is 3.06. The number of benzene rings is 1. The molecule has 0 unspecified atom stereocenters. The molecule has 0 spiro atoms. The predicted molar refractivity (Wildman–Crippen MR) is 87.7 cm³/mol. The van der Waals surface area contributed by atoms with Gasteiger partial charge in [0.15, 0.2) is 0 Å². The van der Waals surface area contributed by atoms with E-state index in [0.29, 0.717) is 17.5 Å². The summed E-state index contributed by atoms with van der Waals surface area (Å²) in [6, 6.07) is 7.90. The van der Waals surface area contributed by atoms with Gasteiger partial charge in [0.2, 0.25) is 11.9 Å². The van der Waals surface area contributed by atoms with Gasteiger partial charge >= 0.3 is 0 Å². The van der Waals surface area contributed by atoms with Gasteiger partial charge in [-0.2, -0.15) is 15.0 Å². The third-order valence-electron chi connectivity index (χ3n) is 2.93. The SMILES string of the molecule is CN(C)c1nc(N)nc(CSc2ncnc3ccccc23)n1. The first-order valence-electron chi connectivity index (χ1n) is 6.64. The summed E-state index contributed by atoms with van der Waals surface area (Å²) in [5.41, 5.74) is 6.65. The average Bonchev–Trinajstić information content (AvgIpc) is 2.52. The Bertz CT molecular complexity index is 801. The zero-order valence-corrected chi connectivity index (χ0v) is 13.1. The molecule has 0 saturated carbocycles. The van der Waals surface area contributed by atoms with E-state index in [1.165, 1.54) is 0 Å². The molecule has 2 heterocycles. The highest BCUT2D eigenvalue weighted by atomic mass is 32.2. The average molecular weight is 313 g/mol. The molecule has 7 nitrogen and oxygen atoms in total. The van der Waals surface area contributed by atoms with E-state index >= 15 is 0 Å². The molecule has 0 bridgehead atoms. The number of thioether (sulfide) groups is 1. The fourth-order valence-corrected chi connectivity index (χ4v) is 2.76. The van der Waals surface area contributed by atoms with E-state index in [1.807, 2.05) is 38.4 Å². The Kier molecular flexibility index (Phi) is 4.01. The van der Waals surface area contributed by atoms with Crippen LogP contribution >= 0.6 is 11.8 Å². The standard InChI is InChI=1S/C14H15N7S/c1-21(2)14-19-11(18-13(15)20-14)7-22-12-9-5-3-4-6-10(9)16-8-17-12/h3-6,8H,7H2,1-2H3,(H2,15,18,19,20). The molecule has 0 aliphatic heterocycles. The van der Waals surface area contributed by atoms with Gasteiger partial charge in [-0.1, -0.05) is 30.0 Å². The van der Waals surface area contributed by atoms with Gasteiger partial charge in [-0.25, -0.2) is 9.97 Å². The lowest BCUT2D eigenvalue weighted by Crippen LogP contribution is -2.15. The first-order valence-corrected chi connectivity index (χ1v) is 7.62. The second-order valence-electron chi connectivity index (χ2n) is 4.79. The van der Waals surface area contributed by atoms with Crippen LogP contribution < -0.4 is 10.6 Å². The maximum Gasteiger partial charge on any atom is 0.229 e. The predicted octanol–water partition coefficient (Wildman–Crippen LogP) is 1.76. The maximum absolute atomic E-state index is 5.73. The highest BCUT2D eigenvalue weighted by molar-refractivity contribution is 7.98. The lowest BCUT2D eigenvalue weighted by molar-refractivity contribution is 0.918. The van der Waals surface area contributed by atoms with E-state index in [-0.39, 0.29) is 5.95 Å². The molecule has 1 aromatic carbocycles. The van der Waals surface area contributed by atoms with Gasteiger partial charge in [0.05, 0.1) is 11.3 Å². The van der Waals surface area contributed by atoms with Gasteiger partial charge in [0.1, 0.15) is 17.2 Å². The Morgan fingerprint density at radius 1 is 1.09 bits per heavy atom. The number of nitrogen functional groups attached to an aromatic ring is 1. The van der Waals surface area contributed by atoms with Crippen LogP contribution in [0.1, 0.15) is 5.82 Å². The van der Waals surface area contributed by atoms with Gasteiger partial charge in [0.25, 0.3) is 0 Å². The van der Waals surface area contributed by atoms with E-state index in [1.54, 1.807) is 23.0 Å². The van der Waals surface area contributed by atoms with Crippen molar-refractivity contribution in [3.05, 3.63) is 36.4 Å². The molecule has 0 aliphatic carbocycles. The van der Waals surface area contributed by atoms with Crippen molar-refractivity contribution in [2.24, 2.45) is 0 Å². The number of hydrogen-bond acceptors (Lipinski definition) is 8. The van der Waals surface area contributed by atoms with Gasteiger partial charge in [-0.3, -0.25) is 0 Å². The smallest absolute Gasteiger partial charge is 0.229 e. The van der Waals surface area contributed by atoms with Crippen molar-refractivity contribution < 1.29 is 0 Å². The van der Waals surface area contributed by atoms with E-state index in [0.717, 1.165) is 15.9 Å². The van der Waals surface area contributed by atoms with Gasteiger partial charge in [0, 0.05) is 19.5 Å². The molecule has 0 amide bonds. The Labute approximate surface area is 132 Å². The summed E-state index contributed by atoms with van der Waals surface area (Å²) in [6.07, 6.45) is 1.57. The molecular formula is C14H15N7S. The molecule has 112 valence electrons. The van der Waals surface area contributed by atoms with Crippen molar-refractivity contribution in [1.82, 2.24) is 24.9 Å². The van der Waals surface area contributed by atoms with Crippen LogP contribution in [0.4, 0.5) is 11.9 Å². The Hall–Kier alpha value is -2.48. The highest BCUT2D eigenvalue weighted by Crippen LogP contribution is 2.26. The maximum atomic E-state index is 5.73. The molecule has 0 fully saturated rings. The number of anilines is 2. The number of para-hydroxylation sites is 1. The molecular weight excluding hydrogens is 298 g/mol. The van der Waals surface area contributed by atoms with E-state index in [2.05, 4.69) is 24.9 Å². The molecule has 2 aromatic heterocycles. The van der Waals surface area contributed by atoms with Crippen molar-refractivity contribution in [2.75, 3.05) is 24.7 Å². The number of nitrogens with two attached hydrogens (primary N) is 1. The number of aromatic nitrogens is 5. The zero-order valence-electron chi connectivity index (χ0n) is 12.3. The normalized spacial score (nSPS) is 10.8. The number of nitrogens with zero attached hydrogens (tertiary/aromatic N) is 6. The highest BCUT2D eigenvalue weighted by Gasteiger charge is 2.09. The summed E-state index contributed by atoms with van der Waals surface area (Å²) in [5.74, 6) is 1.97. The van der Waals surface area contributed by atoms with E-state index in [4.69, 9.17) is 5.73 Å². The van der Waals surface area contributed by atoms with Crippen LogP contribution in [0.3, 0.4) is 0 Å². The summed E-state index contributed by atoms with van der Waals surface area (Å²) in [6.45, 7) is 0. The van der Waals surface area contributed by atoms with Gasteiger partial charge in [-0.15, -0.1) is 0 Å². The fraction of sp³-hybridized carbons (Fsp3) is 0.214. The number of fused-ring (bicyclic) bond motifs is 1. The Balaban J connectivity index is 1.85. The van der Waals surface area contributed by atoms with Crippen molar-refractivity contribution in [1.29, 1.82) is 0 Å². The van der Waals surface area contributed by atoms with Crippen LogP contribution in [-0.4, -0.2) is 39.0 Å². The molecule has 2 N–H and O–H groups in total.